The molecule has 0 aliphatic carbocycles. The third-order valence-corrected chi connectivity index (χ3v) is 4.96. The molecule has 0 aliphatic heterocycles. The Bertz CT molecular complexity index is 679. The lowest BCUT2D eigenvalue weighted by Gasteiger charge is -2.07. The van der Waals surface area contributed by atoms with Gasteiger partial charge < -0.3 is 5.73 Å². The Morgan fingerprint density at radius 3 is 2.74 bits per heavy atom. The van der Waals surface area contributed by atoms with E-state index < -0.39 is 10.0 Å². The lowest BCUT2D eigenvalue weighted by molar-refractivity contribution is 0.582. The first-order valence-corrected chi connectivity index (χ1v) is 8.18. The molecule has 0 radical (unpaired) electrons. The normalized spacial score (nSPS) is 11.4. The second-order valence-corrected chi connectivity index (χ2v) is 7.04. The van der Waals surface area contributed by atoms with Gasteiger partial charge in [0.1, 0.15) is 4.99 Å². The second kappa shape index (κ2) is 5.79. The van der Waals surface area contributed by atoms with Crippen molar-refractivity contribution in [1.29, 1.82) is 0 Å². The van der Waals surface area contributed by atoms with Crippen molar-refractivity contribution < 1.29 is 8.42 Å². The number of rotatable bonds is 5. The van der Waals surface area contributed by atoms with Gasteiger partial charge in [0.2, 0.25) is 10.0 Å². The van der Waals surface area contributed by atoms with E-state index in [1.807, 2.05) is 17.5 Å². The minimum Gasteiger partial charge on any atom is -0.389 e. The summed E-state index contributed by atoms with van der Waals surface area (Å²) in [6, 6.07) is 10.0. The van der Waals surface area contributed by atoms with E-state index in [4.69, 9.17) is 18.0 Å². The predicted octanol–water partition coefficient (Wildman–Crippen LogP) is 1.86. The summed E-state index contributed by atoms with van der Waals surface area (Å²) in [6.07, 6.45) is 0. The van der Waals surface area contributed by atoms with E-state index in [-0.39, 0.29) is 16.4 Å². The van der Waals surface area contributed by atoms with Crippen LogP contribution in [0.3, 0.4) is 0 Å². The van der Waals surface area contributed by atoms with Crippen LogP contribution in [-0.2, 0) is 16.6 Å². The van der Waals surface area contributed by atoms with Gasteiger partial charge in [-0.25, -0.2) is 13.1 Å². The number of nitrogens with one attached hydrogen (secondary N) is 1. The maximum absolute atomic E-state index is 12.1. The second-order valence-electron chi connectivity index (χ2n) is 3.80. The molecule has 2 aromatic rings. The maximum Gasteiger partial charge on any atom is 0.240 e. The van der Waals surface area contributed by atoms with Crippen molar-refractivity contribution in [3.8, 4) is 0 Å². The van der Waals surface area contributed by atoms with Gasteiger partial charge in [-0.05, 0) is 23.6 Å². The average Bonchev–Trinajstić information content (AvgIpc) is 2.90. The Balaban J connectivity index is 2.19. The van der Waals surface area contributed by atoms with Crippen LogP contribution in [0.1, 0.15) is 10.4 Å². The Kier molecular flexibility index (Phi) is 4.31. The van der Waals surface area contributed by atoms with Crippen molar-refractivity contribution in [3.05, 3.63) is 52.2 Å². The van der Waals surface area contributed by atoms with Crippen LogP contribution in [-0.4, -0.2) is 13.4 Å². The third-order valence-electron chi connectivity index (χ3n) is 2.45. The van der Waals surface area contributed by atoms with Crippen molar-refractivity contribution >= 4 is 38.6 Å². The molecule has 3 N–H and O–H groups in total. The highest BCUT2D eigenvalue weighted by molar-refractivity contribution is 7.89. The lowest BCUT2D eigenvalue weighted by Crippen LogP contribution is -2.23. The largest absolute Gasteiger partial charge is 0.389 e. The third kappa shape index (κ3) is 3.60. The SMILES string of the molecule is NC(=S)c1cccc(S(=O)(=O)NCc2cccs2)c1. The van der Waals surface area contributed by atoms with E-state index in [9.17, 15) is 8.42 Å². The number of nitrogens with two attached hydrogens (primary N) is 1. The zero-order valence-electron chi connectivity index (χ0n) is 9.87. The molecule has 1 aromatic heterocycles. The quantitative estimate of drug-likeness (QED) is 0.827. The molecule has 19 heavy (non-hydrogen) atoms. The van der Waals surface area contributed by atoms with E-state index in [0.717, 1.165) is 4.88 Å². The van der Waals surface area contributed by atoms with Crippen molar-refractivity contribution in [1.82, 2.24) is 4.72 Å². The van der Waals surface area contributed by atoms with Crippen LogP contribution in [0.2, 0.25) is 0 Å². The topological polar surface area (TPSA) is 72.2 Å². The molecule has 0 amide bonds. The number of thiocarbonyl (C=S) groups is 1. The Labute approximate surface area is 121 Å². The number of benzene rings is 1. The smallest absolute Gasteiger partial charge is 0.240 e. The molecule has 100 valence electrons. The van der Waals surface area contributed by atoms with Gasteiger partial charge in [0.15, 0.2) is 0 Å². The number of hydrogen-bond acceptors (Lipinski definition) is 4. The maximum atomic E-state index is 12.1. The molecule has 4 nitrogen and oxygen atoms in total. The fraction of sp³-hybridized carbons (Fsp3) is 0.0833. The van der Waals surface area contributed by atoms with E-state index >= 15 is 0 Å². The molecule has 0 fully saturated rings. The Hall–Kier alpha value is -1.28. The first kappa shape index (κ1) is 14.1. The highest BCUT2D eigenvalue weighted by Gasteiger charge is 2.14. The summed E-state index contributed by atoms with van der Waals surface area (Å²) in [4.78, 5) is 1.29. The molecule has 2 rings (SSSR count). The van der Waals surface area contributed by atoms with E-state index in [0.29, 0.717) is 5.56 Å². The van der Waals surface area contributed by atoms with Crippen molar-refractivity contribution in [2.75, 3.05) is 0 Å². The highest BCUT2D eigenvalue weighted by atomic mass is 32.2. The minimum atomic E-state index is -3.55. The summed E-state index contributed by atoms with van der Waals surface area (Å²) in [5.41, 5.74) is 6.03. The molecule has 0 spiro atoms. The summed E-state index contributed by atoms with van der Waals surface area (Å²) < 4.78 is 26.8. The summed E-state index contributed by atoms with van der Waals surface area (Å²) in [7, 11) is -3.55. The molecule has 1 aromatic carbocycles. The first-order valence-electron chi connectivity index (χ1n) is 5.41. The summed E-state index contributed by atoms with van der Waals surface area (Å²) in [6.45, 7) is 0.275. The summed E-state index contributed by atoms with van der Waals surface area (Å²) >= 11 is 6.34. The predicted molar refractivity (Wildman–Crippen MR) is 80.7 cm³/mol. The molecule has 0 saturated carbocycles. The van der Waals surface area contributed by atoms with E-state index in [1.54, 1.807) is 12.1 Å². The van der Waals surface area contributed by atoms with E-state index in [1.165, 1.54) is 23.5 Å². The molecule has 0 saturated heterocycles. The highest BCUT2D eigenvalue weighted by Crippen LogP contribution is 2.13. The van der Waals surface area contributed by atoms with Gasteiger partial charge >= 0.3 is 0 Å². The first-order chi connectivity index (χ1) is 8.99. The Morgan fingerprint density at radius 1 is 1.32 bits per heavy atom. The van der Waals surface area contributed by atoms with Gasteiger partial charge in [0.25, 0.3) is 0 Å². The average molecular weight is 312 g/mol. The molecule has 1 heterocycles. The van der Waals surface area contributed by atoms with Crippen molar-refractivity contribution in [2.24, 2.45) is 5.73 Å². The molecule has 7 heteroatoms. The molecule has 0 bridgehead atoms. The van der Waals surface area contributed by atoms with Gasteiger partial charge in [-0.2, -0.15) is 0 Å². The van der Waals surface area contributed by atoms with Crippen LogP contribution in [0.15, 0.2) is 46.7 Å². The molecule has 0 unspecified atom stereocenters. The van der Waals surface area contributed by atoms with Gasteiger partial charge in [-0.15, -0.1) is 11.3 Å². The lowest BCUT2D eigenvalue weighted by atomic mass is 10.2. The van der Waals surface area contributed by atoms with Gasteiger partial charge in [0, 0.05) is 17.0 Å². The van der Waals surface area contributed by atoms with Crippen LogP contribution < -0.4 is 10.5 Å². The standard InChI is InChI=1S/C12H12N2O2S3/c13-12(17)9-3-1-5-11(7-9)19(15,16)14-8-10-4-2-6-18-10/h1-7,14H,8H2,(H2,13,17). The van der Waals surface area contributed by atoms with Crippen LogP contribution in [0.25, 0.3) is 0 Å². The van der Waals surface area contributed by atoms with Gasteiger partial charge in [-0.3, -0.25) is 0 Å². The Morgan fingerprint density at radius 2 is 2.11 bits per heavy atom. The van der Waals surface area contributed by atoms with E-state index in [2.05, 4.69) is 4.72 Å². The molecule has 0 aliphatic rings. The van der Waals surface area contributed by atoms with Crippen molar-refractivity contribution in [3.63, 3.8) is 0 Å². The fourth-order valence-electron chi connectivity index (χ4n) is 1.48. The van der Waals surface area contributed by atoms with Crippen LogP contribution in [0, 0.1) is 0 Å². The molecular formula is C12H12N2O2S3. The van der Waals surface area contributed by atoms with Crippen LogP contribution in [0.5, 0.6) is 0 Å². The molecule has 0 atom stereocenters. The van der Waals surface area contributed by atoms with Gasteiger partial charge in [0.05, 0.1) is 4.90 Å². The zero-order chi connectivity index (χ0) is 13.9. The fourth-order valence-corrected chi connectivity index (χ4v) is 3.39. The number of hydrogen-bond donors (Lipinski definition) is 2. The summed E-state index contributed by atoms with van der Waals surface area (Å²) in [5, 5.41) is 1.90. The summed E-state index contributed by atoms with van der Waals surface area (Å²) in [5.74, 6) is 0. The minimum absolute atomic E-state index is 0.161. The van der Waals surface area contributed by atoms with Gasteiger partial charge in [-0.1, -0.05) is 30.4 Å². The van der Waals surface area contributed by atoms with Crippen LogP contribution in [0.4, 0.5) is 0 Å². The van der Waals surface area contributed by atoms with Crippen LogP contribution >= 0.6 is 23.6 Å². The number of sulfonamides is 1. The number of thiophene rings is 1. The zero-order valence-corrected chi connectivity index (χ0v) is 12.3. The monoisotopic (exact) mass is 312 g/mol. The van der Waals surface area contributed by atoms with Crippen molar-refractivity contribution in [2.45, 2.75) is 11.4 Å². The molecular weight excluding hydrogens is 300 g/mol.